The highest BCUT2D eigenvalue weighted by Gasteiger charge is 2.03. The molecule has 0 radical (unpaired) electrons. The summed E-state index contributed by atoms with van der Waals surface area (Å²) in [6, 6.07) is 0. The maximum Gasteiger partial charge on any atom is 0.220 e. The van der Waals surface area contributed by atoms with Crippen LogP contribution in [-0.2, 0) is 0 Å². The van der Waals surface area contributed by atoms with Crippen molar-refractivity contribution in [3.8, 4) is 0 Å². The van der Waals surface area contributed by atoms with Crippen molar-refractivity contribution in [3.05, 3.63) is 24.3 Å². The zero-order chi connectivity index (χ0) is 7.56. The minimum atomic E-state index is 0.441. The van der Waals surface area contributed by atoms with Gasteiger partial charge in [-0.15, -0.1) is 0 Å². The third kappa shape index (κ3) is 1.43. The predicted molar refractivity (Wildman–Crippen MR) is 38.7 cm³/mol. The van der Waals surface area contributed by atoms with Crippen LogP contribution in [0.25, 0.3) is 0 Å². The molecule has 0 amide bonds. The minimum absolute atomic E-state index is 0.441. The highest BCUT2D eigenvalue weighted by Crippen LogP contribution is 2.06. The lowest BCUT2D eigenvalue weighted by molar-refractivity contribution is -0.640. The number of nitrogen functional groups attached to an aromatic ring is 1. The monoisotopic (exact) mass is 138 g/mol. The smallest absolute Gasteiger partial charge is 0.220 e. The van der Waals surface area contributed by atoms with Gasteiger partial charge in [-0.2, -0.15) is 0 Å². The minimum Gasteiger partial charge on any atom is -0.248 e. The van der Waals surface area contributed by atoms with Crippen molar-refractivity contribution >= 4 is 0 Å². The van der Waals surface area contributed by atoms with Crippen molar-refractivity contribution in [3.63, 3.8) is 0 Å². The molecule has 1 rings (SSSR count). The Morgan fingerprint density at radius 2 is 2.30 bits per heavy atom. The molecule has 3 nitrogen and oxygen atoms in total. The Kier molecular flexibility index (Phi) is 1.85. The molecule has 0 saturated carbocycles. The van der Waals surface area contributed by atoms with Gasteiger partial charge in [0, 0.05) is 5.92 Å². The molecule has 0 aliphatic heterocycles. The first-order valence-electron chi connectivity index (χ1n) is 3.32. The van der Waals surface area contributed by atoms with Crippen LogP contribution < -0.4 is 10.5 Å². The molecular weight excluding hydrogens is 126 g/mol. The first-order valence-corrected chi connectivity index (χ1v) is 3.32. The van der Waals surface area contributed by atoms with E-state index in [2.05, 4.69) is 18.8 Å². The van der Waals surface area contributed by atoms with E-state index in [1.807, 2.05) is 6.20 Å². The average Bonchev–Trinajstić information content (AvgIpc) is 1.88. The number of nitrogens with two attached hydrogens (primary N) is 1. The Labute approximate surface area is 60.5 Å². The summed E-state index contributed by atoms with van der Waals surface area (Å²) in [4.78, 5) is 4.14. The molecular formula is C7H12N3+. The molecule has 10 heavy (non-hydrogen) atoms. The standard InChI is InChI=1S/C7H12N3/c1-6(2)7-5-10(8)4-3-9-7/h3-6H,1-2H3,(H2,8,9)/q+1. The molecule has 0 aliphatic rings. The molecule has 0 fully saturated rings. The Morgan fingerprint density at radius 1 is 1.60 bits per heavy atom. The lowest BCUT2D eigenvalue weighted by Gasteiger charge is -1.98. The van der Waals surface area contributed by atoms with Gasteiger partial charge in [-0.25, -0.2) is 10.8 Å². The SMILES string of the molecule is CC(C)c1c[n+](N)ccn1. The van der Waals surface area contributed by atoms with Crippen LogP contribution in [-0.4, -0.2) is 4.98 Å². The Bertz CT molecular complexity index is 220. The van der Waals surface area contributed by atoms with Gasteiger partial charge in [-0.05, 0) is 0 Å². The Balaban J connectivity index is 2.96. The molecule has 0 bridgehead atoms. The molecule has 2 N–H and O–H groups in total. The fourth-order valence-electron chi connectivity index (χ4n) is 0.724. The molecule has 0 spiro atoms. The van der Waals surface area contributed by atoms with Crippen molar-refractivity contribution in [1.82, 2.24) is 4.98 Å². The number of hydrogen-bond acceptors (Lipinski definition) is 2. The van der Waals surface area contributed by atoms with Crippen molar-refractivity contribution < 1.29 is 4.68 Å². The van der Waals surface area contributed by atoms with Crippen molar-refractivity contribution in [1.29, 1.82) is 0 Å². The normalized spacial score (nSPS) is 10.3. The number of rotatable bonds is 1. The van der Waals surface area contributed by atoms with Gasteiger partial charge in [-0.1, -0.05) is 18.5 Å². The second-order valence-corrected chi connectivity index (χ2v) is 2.58. The molecule has 1 heterocycles. The molecule has 54 valence electrons. The summed E-state index contributed by atoms with van der Waals surface area (Å²) in [5.41, 5.74) is 1.02. The quantitative estimate of drug-likeness (QED) is 0.445. The second kappa shape index (κ2) is 2.64. The van der Waals surface area contributed by atoms with E-state index >= 15 is 0 Å². The van der Waals surface area contributed by atoms with E-state index in [4.69, 9.17) is 5.84 Å². The molecule has 0 unspecified atom stereocenters. The van der Waals surface area contributed by atoms with Gasteiger partial charge in [-0.3, -0.25) is 0 Å². The lowest BCUT2D eigenvalue weighted by atomic mass is 10.1. The van der Waals surface area contributed by atoms with Gasteiger partial charge < -0.3 is 0 Å². The molecule has 0 atom stereocenters. The molecule has 3 heteroatoms. The summed E-state index contributed by atoms with van der Waals surface area (Å²) in [5, 5.41) is 0. The van der Waals surface area contributed by atoms with E-state index in [1.54, 1.807) is 12.4 Å². The number of aromatic nitrogens is 2. The average molecular weight is 138 g/mol. The fourth-order valence-corrected chi connectivity index (χ4v) is 0.724. The van der Waals surface area contributed by atoms with Crippen molar-refractivity contribution in [2.75, 3.05) is 5.84 Å². The van der Waals surface area contributed by atoms with E-state index in [9.17, 15) is 0 Å². The third-order valence-corrected chi connectivity index (χ3v) is 1.34. The molecule has 0 saturated heterocycles. The zero-order valence-corrected chi connectivity index (χ0v) is 6.28. The topological polar surface area (TPSA) is 42.8 Å². The molecule has 1 aromatic heterocycles. The van der Waals surface area contributed by atoms with E-state index in [1.165, 1.54) is 4.68 Å². The third-order valence-electron chi connectivity index (χ3n) is 1.34. The van der Waals surface area contributed by atoms with Gasteiger partial charge in [0.2, 0.25) is 12.4 Å². The van der Waals surface area contributed by atoms with Crippen LogP contribution in [0.3, 0.4) is 0 Å². The summed E-state index contributed by atoms with van der Waals surface area (Å²) >= 11 is 0. The largest absolute Gasteiger partial charge is 0.248 e. The fraction of sp³-hybridized carbons (Fsp3) is 0.429. The Hall–Kier alpha value is -1.12. The molecule has 0 aliphatic carbocycles. The van der Waals surface area contributed by atoms with Crippen LogP contribution in [0.2, 0.25) is 0 Å². The van der Waals surface area contributed by atoms with Gasteiger partial charge in [0.15, 0.2) is 0 Å². The van der Waals surface area contributed by atoms with Crippen LogP contribution in [0.5, 0.6) is 0 Å². The summed E-state index contributed by atoms with van der Waals surface area (Å²) in [7, 11) is 0. The summed E-state index contributed by atoms with van der Waals surface area (Å²) in [5.74, 6) is 5.91. The summed E-state index contributed by atoms with van der Waals surface area (Å²) in [6.45, 7) is 4.17. The first kappa shape index (κ1) is 6.99. The zero-order valence-electron chi connectivity index (χ0n) is 6.28. The Morgan fingerprint density at radius 3 is 2.70 bits per heavy atom. The van der Waals surface area contributed by atoms with Crippen LogP contribution in [0.4, 0.5) is 0 Å². The molecule has 0 aromatic carbocycles. The predicted octanol–water partition coefficient (Wildman–Crippen LogP) is 0.206. The van der Waals surface area contributed by atoms with E-state index < -0.39 is 0 Å². The number of hydrogen-bond donors (Lipinski definition) is 1. The van der Waals surface area contributed by atoms with Crippen molar-refractivity contribution in [2.24, 2.45) is 0 Å². The van der Waals surface area contributed by atoms with Gasteiger partial charge in [0.25, 0.3) is 0 Å². The first-order chi connectivity index (χ1) is 4.70. The lowest BCUT2D eigenvalue weighted by Crippen LogP contribution is -2.44. The second-order valence-electron chi connectivity index (χ2n) is 2.58. The van der Waals surface area contributed by atoms with Crippen LogP contribution in [0.1, 0.15) is 25.5 Å². The highest BCUT2D eigenvalue weighted by molar-refractivity contribution is 4.96. The maximum absolute atomic E-state index is 5.47. The summed E-state index contributed by atoms with van der Waals surface area (Å²) in [6.07, 6.45) is 5.24. The number of nitrogens with zero attached hydrogens (tertiary/aromatic N) is 2. The van der Waals surface area contributed by atoms with Crippen LogP contribution in [0, 0.1) is 0 Å². The van der Waals surface area contributed by atoms with Crippen molar-refractivity contribution in [2.45, 2.75) is 19.8 Å². The highest BCUT2D eigenvalue weighted by atomic mass is 15.3. The van der Waals surface area contributed by atoms with Gasteiger partial charge in [0.05, 0.1) is 6.20 Å². The van der Waals surface area contributed by atoms with E-state index in [-0.39, 0.29) is 0 Å². The maximum atomic E-state index is 5.47. The molecule has 1 aromatic rings. The van der Waals surface area contributed by atoms with Crippen LogP contribution in [0.15, 0.2) is 18.6 Å². The summed E-state index contributed by atoms with van der Waals surface area (Å²) < 4.78 is 1.52. The van der Waals surface area contributed by atoms with Gasteiger partial charge in [0.1, 0.15) is 5.69 Å². The van der Waals surface area contributed by atoms with E-state index in [0.717, 1.165) is 5.69 Å². The van der Waals surface area contributed by atoms with Crippen LogP contribution >= 0.6 is 0 Å². The van der Waals surface area contributed by atoms with E-state index in [0.29, 0.717) is 5.92 Å². The van der Waals surface area contributed by atoms with Gasteiger partial charge >= 0.3 is 0 Å².